The summed E-state index contributed by atoms with van der Waals surface area (Å²) in [5.41, 5.74) is 0. The highest BCUT2D eigenvalue weighted by molar-refractivity contribution is 5.83. The van der Waals surface area contributed by atoms with Crippen LogP contribution in [0.2, 0.25) is 0 Å². The first kappa shape index (κ1) is 13.8. The van der Waals surface area contributed by atoms with Gasteiger partial charge in [-0.1, -0.05) is 20.3 Å². The number of nitrogens with zero attached hydrogens (tertiary/aromatic N) is 1. The number of urea groups is 1. The minimum atomic E-state index is -0.543. The van der Waals surface area contributed by atoms with Crippen LogP contribution in [0.3, 0.4) is 0 Å². The fourth-order valence-electron chi connectivity index (χ4n) is 1.94. The zero-order valence-electron chi connectivity index (χ0n) is 10.9. The predicted octanol–water partition coefficient (Wildman–Crippen LogP) is 1.38. The highest BCUT2D eigenvalue weighted by Gasteiger charge is 2.29. The molecule has 0 unspecified atom stereocenters. The number of hydrogen-bond acceptors (Lipinski definition) is 3. The molecule has 98 valence electrons. The Labute approximate surface area is 102 Å². The van der Waals surface area contributed by atoms with Gasteiger partial charge in [-0.3, -0.25) is 0 Å². The number of esters is 1. The molecule has 17 heavy (non-hydrogen) atoms. The third-order valence-electron chi connectivity index (χ3n) is 3.34. The summed E-state index contributed by atoms with van der Waals surface area (Å²) in [5.74, 6) is -0.291. The third-order valence-corrected chi connectivity index (χ3v) is 3.34. The zero-order valence-corrected chi connectivity index (χ0v) is 10.9. The van der Waals surface area contributed by atoms with E-state index in [1.165, 1.54) is 7.11 Å². The standard InChI is InChI=1S/C12H22N2O3/c1-4-9(2)10(11(15)17-3)13-12(16)14-7-5-6-8-14/h9-10H,4-8H2,1-3H3,(H,13,16)/t9-,10-/m0/s1. The lowest BCUT2D eigenvalue weighted by Crippen LogP contribution is -2.50. The quantitative estimate of drug-likeness (QED) is 0.758. The summed E-state index contributed by atoms with van der Waals surface area (Å²) in [5, 5.41) is 2.77. The number of carbonyl (C=O) groups excluding carboxylic acids is 2. The smallest absolute Gasteiger partial charge is 0.328 e. The molecule has 0 aromatic carbocycles. The van der Waals surface area contributed by atoms with Crippen LogP contribution in [0.1, 0.15) is 33.1 Å². The second-order valence-corrected chi connectivity index (χ2v) is 4.53. The van der Waals surface area contributed by atoms with Crippen LogP contribution in [0.4, 0.5) is 4.79 Å². The summed E-state index contributed by atoms with van der Waals surface area (Å²) in [6.07, 6.45) is 2.90. The number of carbonyl (C=O) groups is 2. The summed E-state index contributed by atoms with van der Waals surface area (Å²) in [6.45, 7) is 5.48. The maximum Gasteiger partial charge on any atom is 0.328 e. The molecule has 1 fully saturated rings. The SMILES string of the molecule is CC[C@H](C)[C@H](NC(=O)N1CCCC1)C(=O)OC. The Morgan fingerprint density at radius 2 is 1.94 bits per heavy atom. The number of likely N-dealkylation sites (tertiary alicyclic amines) is 1. The number of rotatable bonds is 4. The summed E-state index contributed by atoms with van der Waals surface area (Å²) in [7, 11) is 1.35. The lowest BCUT2D eigenvalue weighted by atomic mass is 9.99. The van der Waals surface area contributed by atoms with Crippen molar-refractivity contribution >= 4 is 12.0 Å². The number of nitrogens with one attached hydrogen (secondary N) is 1. The van der Waals surface area contributed by atoms with Crippen LogP contribution in [0, 0.1) is 5.92 Å². The normalized spacial score (nSPS) is 18.6. The third kappa shape index (κ3) is 3.61. The molecular weight excluding hydrogens is 220 g/mol. The molecule has 0 bridgehead atoms. The van der Waals surface area contributed by atoms with Crippen molar-refractivity contribution in [1.29, 1.82) is 0 Å². The molecule has 1 aliphatic heterocycles. The van der Waals surface area contributed by atoms with Crippen molar-refractivity contribution in [3.8, 4) is 0 Å². The van der Waals surface area contributed by atoms with Gasteiger partial charge in [-0.2, -0.15) is 0 Å². The molecule has 5 heteroatoms. The number of ether oxygens (including phenoxy) is 1. The topological polar surface area (TPSA) is 58.6 Å². The van der Waals surface area contributed by atoms with Crippen molar-refractivity contribution < 1.29 is 14.3 Å². The predicted molar refractivity (Wildman–Crippen MR) is 64.6 cm³/mol. The van der Waals surface area contributed by atoms with Gasteiger partial charge in [0.25, 0.3) is 0 Å². The molecule has 0 spiro atoms. The lowest BCUT2D eigenvalue weighted by Gasteiger charge is -2.25. The zero-order chi connectivity index (χ0) is 12.8. The van der Waals surface area contributed by atoms with Gasteiger partial charge in [0.1, 0.15) is 6.04 Å². The lowest BCUT2D eigenvalue weighted by molar-refractivity contribution is -0.144. The monoisotopic (exact) mass is 242 g/mol. The Bertz CT molecular complexity index is 275. The van der Waals surface area contributed by atoms with E-state index in [4.69, 9.17) is 4.74 Å². The Morgan fingerprint density at radius 3 is 2.41 bits per heavy atom. The van der Waals surface area contributed by atoms with E-state index in [9.17, 15) is 9.59 Å². The average Bonchev–Trinajstić information content (AvgIpc) is 2.87. The van der Waals surface area contributed by atoms with Crippen molar-refractivity contribution in [2.24, 2.45) is 5.92 Å². The van der Waals surface area contributed by atoms with E-state index in [-0.39, 0.29) is 17.9 Å². The van der Waals surface area contributed by atoms with Crippen LogP contribution in [0.5, 0.6) is 0 Å². The van der Waals surface area contributed by atoms with Gasteiger partial charge < -0.3 is 15.0 Å². The van der Waals surface area contributed by atoms with E-state index in [1.54, 1.807) is 4.90 Å². The van der Waals surface area contributed by atoms with Crippen molar-refractivity contribution in [3.05, 3.63) is 0 Å². The number of amides is 2. The molecular formula is C12H22N2O3. The van der Waals surface area contributed by atoms with Crippen molar-refractivity contribution in [2.45, 2.75) is 39.2 Å². The molecule has 1 aliphatic rings. The second-order valence-electron chi connectivity index (χ2n) is 4.53. The van der Waals surface area contributed by atoms with E-state index >= 15 is 0 Å². The number of hydrogen-bond donors (Lipinski definition) is 1. The van der Waals surface area contributed by atoms with Gasteiger partial charge in [-0.05, 0) is 18.8 Å². The number of methoxy groups -OCH3 is 1. The first-order valence-corrected chi connectivity index (χ1v) is 6.23. The minimum Gasteiger partial charge on any atom is -0.467 e. The molecule has 1 rings (SSSR count). The first-order valence-electron chi connectivity index (χ1n) is 6.23. The molecule has 5 nitrogen and oxygen atoms in total. The summed E-state index contributed by atoms with van der Waals surface area (Å²) >= 11 is 0. The van der Waals surface area contributed by atoms with E-state index < -0.39 is 6.04 Å². The molecule has 1 heterocycles. The Balaban J connectivity index is 2.58. The summed E-state index contributed by atoms with van der Waals surface area (Å²) in [4.78, 5) is 25.3. The maximum atomic E-state index is 11.9. The van der Waals surface area contributed by atoms with Gasteiger partial charge >= 0.3 is 12.0 Å². The molecule has 2 amide bonds. The van der Waals surface area contributed by atoms with Crippen LogP contribution in [0.25, 0.3) is 0 Å². The van der Waals surface area contributed by atoms with Crippen LogP contribution < -0.4 is 5.32 Å². The molecule has 1 N–H and O–H groups in total. The van der Waals surface area contributed by atoms with Crippen molar-refractivity contribution in [2.75, 3.05) is 20.2 Å². The van der Waals surface area contributed by atoms with Gasteiger partial charge in [-0.15, -0.1) is 0 Å². The first-order chi connectivity index (χ1) is 8.10. The Hall–Kier alpha value is -1.26. The maximum absolute atomic E-state index is 11.9. The fraction of sp³-hybridized carbons (Fsp3) is 0.833. The Morgan fingerprint density at radius 1 is 1.35 bits per heavy atom. The van der Waals surface area contributed by atoms with Crippen LogP contribution in [0.15, 0.2) is 0 Å². The van der Waals surface area contributed by atoms with E-state index in [0.29, 0.717) is 0 Å². The minimum absolute atomic E-state index is 0.0778. The second kappa shape index (κ2) is 6.47. The molecule has 0 aromatic heterocycles. The van der Waals surface area contributed by atoms with Gasteiger partial charge in [0.15, 0.2) is 0 Å². The van der Waals surface area contributed by atoms with Crippen LogP contribution in [-0.2, 0) is 9.53 Å². The van der Waals surface area contributed by atoms with Gasteiger partial charge in [0, 0.05) is 13.1 Å². The highest BCUT2D eigenvalue weighted by atomic mass is 16.5. The molecule has 0 radical (unpaired) electrons. The van der Waals surface area contributed by atoms with Gasteiger partial charge in [0.2, 0.25) is 0 Å². The summed E-state index contributed by atoms with van der Waals surface area (Å²) in [6, 6.07) is -0.698. The van der Waals surface area contributed by atoms with Crippen LogP contribution >= 0.6 is 0 Å². The molecule has 0 aromatic rings. The Kier molecular flexibility index (Phi) is 5.25. The van der Waals surface area contributed by atoms with Gasteiger partial charge in [0.05, 0.1) is 7.11 Å². The van der Waals surface area contributed by atoms with Crippen molar-refractivity contribution in [1.82, 2.24) is 10.2 Å². The largest absolute Gasteiger partial charge is 0.467 e. The summed E-state index contributed by atoms with van der Waals surface area (Å²) < 4.78 is 4.73. The average molecular weight is 242 g/mol. The molecule has 0 saturated carbocycles. The van der Waals surface area contributed by atoms with Crippen molar-refractivity contribution in [3.63, 3.8) is 0 Å². The highest BCUT2D eigenvalue weighted by Crippen LogP contribution is 2.12. The van der Waals surface area contributed by atoms with E-state index in [0.717, 1.165) is 32.4 Å². The molecule has 1 saturated heterocycles. The fourth-order valence-corrected chi connectivity index (χ4v) is 1.94. The van der Waals surface area contributed by atoms with E-state index in [1.807, 2.05) is 13.8 Å². The van der Waals surface area contributed by atoms with Gasteiger partial charge in [-0.25, -0.2) is 9.59 Å². The molecule has 2 atom stereocenters. The van der Waals surface area contributed by atoms with Crippen LogP contribution in [-0.4, -0.2) is 43.1 Å². The molecule has 0 aliphatic carbocycles. The van der Waals surface area contributed by atoms with E-state index in [2.05, 4.69) is 5.32 Å².